The normalized spacial score (nSPS) is 10.7. The molecule has 5 nitrogen and oxygen atoms in total. The lowest BCUT2D eigenvalue weighted by molar-refractivity contribution is 0.0977. The highest BCUT2D eigenvalue weighted by molar-refractivity contribution is 14.1. The van der Waals surface area contributed by atoms with Crippen molar-refractivity contribution in [2.75, 3.05) is 5.32 Å². The molecule has 0 unspecified atom stereocenters. The molecule has 0 aliphatic rings. The van der Waals surface area contributed by atoms with Gasteiger partial charge >= 0.3 is 0 Å². The van der Waals surface area contributed by atoms with Crippen LogP contribution >= 0.6 is 46.1 Å². The van der Waals surface area contributed by atoms with Gasteiger partial charge in [-0.25, -0.2) is 4.98 Å². The van der Waals surface area contributed by atoms with Crippen LogP contribution in [-0.4, -0.2) is 21.1 Å². The lowest BCUT2D eigenvalue weighted by atomic mass is 10.2. The zero-order chi connectivity index (χ0) is 20.4. The molecule has 0 spiro atoms. The van der Waals surface area contributed by atoms with E-state index < -0.39 is 0 Å². The molecule has 1 aromatic heterocycles. The lowest BCUT2D eigenvalue weighted by Gasteiger charge is -2.11. The van der Waals surface area contributed by atoms with Crippen molar-refractivity contribution in [2.24, 2.45) is 0 Å². The molecule has 3 aromatic carbocycles. The first kappa shape index (κ1) is 19.7. The minimum Gasteiger partial charge on any atom is -0.507 e. The monoisotopic (exact) mass is 531 g/mol. The van der Waals surface area contributed by atoms with Gasteiger partial charge in [0.2, 0.25) is 0 Å². The SMILES string of the molecule is O=C(NC(=S)Nc1ccc(-c2nc3ccccc3s2)c(O)c1)c1ccccc1I. The Hall–Kier alpha value is -2.56. The number of nitrogens with zero attached hydrogens (tertiary/aromatic N) is 1. The molecular formula is C21H14IN3O2S2. The predicted octanol–water partition coefficient (Wildman–Crippen LogP) is 5.40. The number of thiocarbonyl (C=S) groups is 1. The summed E-state index contributed by atoms with van der Waals surface area (Å²) in [7, 11) is 0. The molecule has 8 heteroatoms. The molecule has 0 saturated carbocycles. The molecule has 4 aromatic rings. The third kappa shape index (κ3) is 4.39. The highest BCUT2D eigenvalue weighted by Crippen LogP contribution is 2.36. The van der Waals surface area contributed by atoms with Gasteiger partial charge in [-0.05, 0) is 71.2 Å². The number of halogens is 1. The average Bonchev–Trinajstić information content (AvgIpc) is 3.12. The minimum absolute atomic E-state index is 0.0841. The van der Waals surface area contributed by atoms with Gasteiger partial charge in [-0.2, -0.15) is 0 Å². The number of hydrogen-bond donors (Lipinski definition) is 3. The number of rotatable bonds is 3. The molecule has 4 rings (SSSR count). The third-order valence-corrected chi connectivity index (χ3v) is 6.34. The molecule has 0 bridgehead atoms. The lowest BCUT2D eigenvalue weighted by Crippen LogP contribution is -2.34. The van der Waals surface area contributed by atoms with E-state index in [2.05, 4.69) is 38.2 Å². The summed E-state index contributed by atoms with van der Waals surface area (Å²) in [4.78, 5) is 16.9. The van der Waals surface area contributed by atoms with Crippen LogP contribution < -0.4 is 10.6 Å². The van der Waals surface area contributed by atoms with Crippen molar-refractivity contribution in [3.63, 3.8) is 0 Å². The first-order valence-corrected chi connectivity index (χ1v) is 10.9. The number of amides is 1. The highest BCUT2D eigenvalue weighted by atomic mass is 127. The topological polar surface area (TPSA) is 74.2 Å². The number of aromatic hydroxyl groups is 1. The largest absolute Gasteiger partial charge is 0.507 e. The molecule has 0 saturated heterocycles. The zero-order valence-electron chi connectivity index (χ0n) is 14.8. The van der Waals surface area contributed by atoms with E-state index in [9.17, 15) is 9.90 Å². The number of phenolic OH excluding ortho intramolecular Hbond substituents is 1. The van der Waals surface area contributed by atoms with E-state index in [0.717, 1.165) is 18.8 Å². The van der Waals surface area contributed by atoms with E-state index in [4.69, 9.17) is 12.2 Å². The van der Waals surface area contributed by atoms with E-state index in [1.165, 1.54) is 11.3 Å². The Morgan fingerprint density at radius 1 is 1.07 bits per heavy atom. The van der Waals surface area contributed by atoms with Crippen molar-refractivity contribution in [2.45, 2.75) is 0 Å². The Morgan fingerprint density at radius 2 is 1.83 bits per heavy atom. The molecule has 0 aliphatic heterocycles. The Bertz CT molecular complexity index is 1210. The summed E-state index contributed by atoms with van der Waals surface area (Å²) < 4.78 is 1.90. The number of phenols is 1. The van der Waals surface area contributed by atoms with Crippen molar-refractivity contribution in [1.82, 2.24) is 10.3 Å². The maximum Gasteiger partial charge on any atom is 0.258 e. The number of anilines is 1. The number of para-hydroxylation sites is 1. The number of carbonyl (C=O) groups is 1. The van der Waals surface area contributed by atoms with E-state index in [1.807, 2.05) is 36.4 Å². The molecule has 1 amide bonds. The average molecular weight is 531 g/mol. The van der Waals surface area contributed by atoms with Crippen LogP contribution in [0.4, 0.5) is 5.69 Å². The van der Waals surface area contributed by atoms with Crippen molar-refractivity contribution in [3.8, 4) is 16.3 Å². The number of nitrogens with one attached hydrogen (secondary N) is 2. The van der Waals surface area contributed by atoms with Crippen molar-refractivity contribution in [3.05, 3.63) is 75.9 Å². The summed E-state index contributed by atoms with van der Waals surface area (Å²) in [6.45, 7) is 0. The minimum atomic E-state index is -0.289. The molecule has 1 heterocycles. The number of benzene rings is 3. The van der Waals surface area contributed by atoms with Gasteiger partial charge in [-0.1, -0.05) is 24.3 Å². The second kappa shape index (κ2) is 8.44. The predicted molar refractivity (Wildman–Crippen MR) is 130 cm³/mol. The quantitative estimate of drug-likeness (QED) is 0.244. The number of fused-ring (bicyclic) bond motifs is 1. The van der Waals surface area contributed by atoms with Gasteiger partial charge in [-0.15, -0.1) is 11.3 Å². The maximum absolute atomic E-state index is 12.4. The van der Waals surface area contributed by atoms with Crippen molar-refractivity contribution < 1.29 is 9.90 Å². The van der Waals surface area contributed by atoms with E-state index in [1.54, 1.807) is 30.3 Å². The van der Waals surface area contributed by atoms with Gasteiger partial charge in [0, 0.05) is 15.3 Å². The van der Waals surface area contributed by atoms with Crippen LogP contribution in [0.3, 0.4) is 0 Å². The zero-order valence-corrected chi connectivity index (χ0v) is 18.6. The molecule has 0 aliphatic carbocycles. The fourth-order valence-electron chi connectivity index (χ4n) is 2.76. The third-order valence-electron chi connectivity index (χ3n) is 4.13. The Labute approximate surface area is 189 Å². The summed E-state index contributed by atoms with van der Waals surface area (Å²) in [5, 5.41) is 17.0. The van der Waals surface area contributed by atoms with Gasteiger partial charge in [-0.3, -0.25) is 10.1 Å². The van der Waals surface area contributed by atoms with Crippen LogP contribution in [0.1, 0.15) is 10.4 Å². The number of carbonyl (C=O) groups excluding carboxylic acids is 1. The van der Waals surface area contributed by atoms with Crippen LogP contribution in [0.25, 0.3) is 20.8 Å². The number of aromatic nitrogens is 1. The first-order valence-electron chi connectivity index (χ1n) is 8.57. The summed E-state index contributed by atoms with van der Waals surface area (Å²) in [6, 6.07) is 20.2. The van der Waals surface area contributed by atoms with Crippen LogP contribution in [0.5, 0.6) is 5.75 Å². The molecule has 29 heavy (non-hydrogen) atoms. The number of hydrogen-bond acceptors (Lipinski definition) is 5. The van der Waals surface area contributed by atoms with E-state index >= 15 is 0 Å². The fraction of sp³-hybridized carbons (Fsp3) is 0. The summed E-state index contributed by atoms with van der Waals surface area (Å²) >= 11 is 8.85. The fourth-order valence-corrected chi connectivity index (χ4v) is 4.60. The van der Waals surface area contributed by atoms with Crippen molar-refractivity contribution >= 4 is 73.1 Å². The van der Waals surface area contributed by atoms with E-state index in [-0.39, 0.29) is 16.8 Å². The Balaban J connectivity index is 1.48. The summed E-state index contributed by atoms with van der Waals surface area (Å²) in [5.41, 5.74) is 2.66. The standard InChI is InChI=1S/C21H14IN3O2S2/c22-15-6-2-1-5-13(15)19(27)25-21(28)23-12-9-10-14(17(26)11-12)20-24-16-7-3-4-8-18(16)29-20/h1-11,26H,(H2,23,25,27,28). The molecule has 0 atom stereocenters. The second-order valence-electron chi connectivity index (χ2n) is 6.11. The van der Waals surface area contributed by atoms with Gasteiger partial charge < -0.3 is 10.4 Å². The van der Waals surface area contributed by atoms with Crippen molar-refractivity contribution in [1.29, 1.82) is 0 Å². The molecule has 144 valence electrons. The smallest absolute Gasteiger partial charge is 0.258 e. The summed E-state index contributed by atoms with van der Waals surface area (Å²) in [6.07, 6.45) is 0. The van der Waals surface area contributed by atoms with Gasteiger partial charge in [0.25, 0.3) is 5.91 Å². The summed E-state index contributed by atoms with van der Waals surface area (Å²) in [5.74, 6) is -0.205. The Kier molecular flexibility index (Phi) is 5.74. The molecule has 3 N–H and O–H groups in total. The van der Waals surface area contributed by atoms with Crippen LogP contribution in [0.15, 0.2) is 66.7 Å². The first-order chi connectivity index (χ1) is 14.0. The highest BCUT2D eigenvalue weighted by Gasteiger charge is 2.13. The molecular weight excluding hydrogens is 517 g/mol. The van der Waals surface area contributed by atoms with Crippen LogP contribution in [0, 0.1) is 3.57 Å². The Morgan fingerprint density at radius 3 is 2.59 bits per heavy atom. The van der Waals surface area contributed by atoms with Gasteiger partial charge in [0.15, 0.2) is 5.11 Å². The van der Waals surface area contributed by atoms with Gasteiger partial charge in [0.05, 0.1) is 21.3 Å². The molecule has 0 radical (unpaired) electrons. The maximum atomic E-state index is 12.4. The molecule has 0 fully saturated rings. The van der Waals surface area contributed by atoms with Crippen LogP contribution in [-0.2, 0) is 0 Å². The second-order valence-corrected chi connectivity index (χ2v) is 8.71. The number of thiazole rings is 1. The van der Waals surface area contributed by atoms with E-state index in [0.29, 0.717) is 16.8 Å². The van der Waals surface area contributed by atoms with Crippen LogP contribution in [0.2, 0.25) is 0 Å². The van der Waals surface area contributed by atoms with Gasteiger partial charge in [0.1, 0.15) is 10.8 Å².